The van der Waals surface area contributed by atoms with Gasteiger partial charge < -0.3 is 11.1 Å². The van der Waals surface area contributed by atoms with Crippen molar-refractivity contribution in [2.24, 2.45) is 11.7 Å². The summed E-state index contributed by atoms with van der Waals surface area (Å²) in [6.07, 6.45) is 0.832. The number of benzene rings is 1. The standard InChI is InChI=1S/C15H22N2O/c1-5-11-12-7-10(13(16)8(2)3)6-9(4)14(12)17-15(11)18/h6-8,11,13H,5,16H2,1-4H3,(H,17,18). The maximum absolute atomic E-state index is 11.9. The predicted octanol–water partition coefficient (Wildman–Crippen LogP) is 3.10. The first kappa shape index (κ1) is 13.1. The number of nitrogens with two attached hydrogens (primary N) is 1. The van der Waals surface area contributed by atoms with Crippen LogP contribution in [0.25, 0.3) is 0 Å². The van der Waals surface area contributed by atoms with E-state index in [9.17, 15) is 4.79 Å². The summed E-state index contributed by atoms with van der Waals surface area (Å²) in [5.74, 6) is 0.497. The molecule has 1 aliphatic heterocycles. The number of anilines is 1. The maximum Gasteiger partial charge on any atom is 0.232 e. The fourth-order valence-electron chi connectivity index (χ4n) is 2.62. The molecule has 2 unspecified atom stereocenters. The van der Waals surface area contributed by atoms with Gasteiger partial charge in [0.25, 0.3) is 0 Å². The van der Waals surface area contributed by atoms with Crippen molar-refractivity contribution in [2.75, 3.05) is 5.32 Å². The van der Waals surface area contributed by atoms with E-state index in [1.54, 1.807) is 0 Å². The van der Waals surface area contributed by atoms with Gasteiger partial charge in [0, 0.05) is 11.7 Å². The molecule has 0 aromatic heterocycles. The van der Waals surface area contributed by atoms with Crippen LogP contribution in [0.5, 0.6) is 0 Å². The van der Waals surface area contributed by atoms with Crippen LogP contribution >= 0.6 is 0 Å². The monoisotopic (exact) mass is 246 g/mol. The Bertz CT molecular complexity index is 480. The van der Waals surface area contributed by atoms with Crippen molar-refractivity contribution in [3.8, 4) is 0 Å². The van der Waals surface area contributed by atoms with E-state index in [0.717, 1.165) is 28.8 Å². The third-order valence-corrected chi connectivity index (χ3v) is 3.84. The molecule has 0 radical (unpaired) electrons. The molecular weight excluding hydrogens is 224 g/mol. The zero-order valence-electron chi connectivity index (χ0n) is 11.6. The minimum atomic E-state index is -0.0157. The molecule has 1 aromatic carbocycles. The molecule has 3 nitrogen and oxygen atoms in total. The summed E-state index contributed by atoms with van der Waals surface area (Å²) in [4.78, 5) is 11.9. The molecule has 0 bridgehead atoms. The molecule has 0 saturated heterocycles. The molecule has 98 valence electrons. The van der Waals surface area contributed by atoms with Crippen LogP contribution in [0, 0.1) is 12.8 Å². The summed E-state index contributed by atoms with van der Waals surface area (Å²) in [5.41, 5.74) is 10.6. The van der Waals surface area contributed by atoms with Gasteiger partial charge in [0.15, 0.2) is 0 Å². The highest BCUT2D eigenvalue weighted by Crippen LogP contribution is 2.39. The van der Waals surface area contributed by atoms with Crippen molar-refractivity contribution in [2.45, 2.75) is 46.1 Å². The smallest absolute Gasteiger partial charge is 0.232 e. The van der Waals surface area contributed by atoms with Gasteiger partial charge in [-0.05, 0) is 36.0 Å². The third kappa shape index (κ3) is 2.03. The molecule has 1 aliphatic rings. The Morgan fingerprint density at radius 3 is 2.61 bits per heavy atom. The van der Waals surface area contributed by atoms with Crippen molar-refractivity contribution < 1.29 is 4.79 Å². The first-order valence-electron chi connectivity index (χ1n) is 6.66. The molecule has 3 N–H and O–H groups in total. The average Bonchev–Trinajstić information content (AvgIpc) is 2.64. The Labute approximate surface area is 109 Å². The topological polar surface area (TPSA) is 55.1 Å². The third-order valence-electron chi connectivity index (χ3n) is 3.84. The van der Waals surface area contributed by atoms with Crippen molar-refractivity contribution in [3.05, 3.63) is 28.8 Å². The van der Waals surface area contributed by atoms with Crippen LogP contribution < -0.4 is 11.1 Å². The van der Waals surface area contributed by atoms with E-state index in [1.807, 2.05) is 13.8 Å². The van der Waals surface area contributed by atoms with E-state index >= 15 is 0 Å². The van der Waals surface area contributed by atoms with E-state index in [-0.39, 0.29) is 17.9 Å². The molecule has 0 aliphatic carbocycles. The summed E-state index contributed by atoms with van der Waals surface area (Å²) in [6.45, 7) is 8.32. The number of nitrogens with one attached hydrogen (secondary N) is 1. The first-order valence-corrected chi connectivity index (χ1v) is 6.66. The normalized spacial score (nSPS) is 19.9. The lowest BCUT2D eigenvalue weighted by molar-refractivity contribution is -0.117. The minimum Gasteiger partial charge on any atom is -0.325 e. The number of amides is 1. The van der Waals surface area contributed by atoms with E-state index in [4.69, 9.17) is 5.73 Å². The zero-order chi connectivity index (χ0) is 13.4. The van der Waals surface area contributed by atoms with Gasteiger partial charge in [-0.2, -0.15) is 0 Å². The van der Waals surface area contributed by atoms with Crippen LogP contribution in [-0.4, -0.2) is 5.91 Å². The largest absolute Gasteiger partial charge is 0.325 e. The van der Waals surface area contributed by atoms with Gasteiger partial charge in [-0.15, -0.1) is 0 Å². The number of hydrogen-bond donors (Lipinski definition) is 2. The van der Waals surface area contributed by atoms with Crippen LogP contribution in [0.15, 0.2) is 12.1 Å². The second-order valence-electron chi connectivity index (χ2n) is 5.52. The molecule has 1 heterocycles. The van der Waals surface area contributed by atoms with Gasteiger partial charge >= 0.3 is 0 Å². The van der Waals surface area contributed by atoms with Crippen LogP contribution in [0.2, 0.25) is 0 Å². The van der Waals surface area contributed by atoms with E-state index in [1.165, 1.54) is 0 Å². The summed E-state index contributed by atoms with van der Waals surface area (Å²) >= 11 is 0. The SMILES string of the molecule is CCC1C(=O)Nc2c(C)cc(C(N)C(C)C)cc21. The number of carbonyl (C=O) groups excluding carboxylic acids is 1. The van der Waals surface area contributed by atoms with Gasteiger partial charge in [-0.3, -0.25) is 4.79 Å². The second kappa shape index (κ2) is 4.73. The molecule has 18 heavy (non-hydrogen) atoms. The van der Waals surface area contributed by atoms with Crippen molar-refractivity contribution >= 4 is 11.6 Å². The lowest BCUT2D eigenvalue weighted by Gasteiger charge is -2.19. The molecule has 3 heteroatoms. The number of carbonyl (C=O) groups is 1. The van der Waals surface area contributed by atoms with E-state index in [2.05, 4.69) is 31.3 Å². The van der Waals surface area contributed by atoms with Gasteiger partial charge in [0.05, 0.1) is 5.92 Å². The Balaban J connectivity index is 2.49. The van der Waals surface area contributed by atoms with Crippen LogP contribution in [0.1, 0.15) is 55.8 Å². The van der Waals surface area contributed by atoms with Gasteiger partial charge in [-0.25, -0.2) is 0 Å². The quantitative estimate of drug-likeness (QED) is 0.861. The first-order chi connectivity index (χ1) is 8.45. The van der Waals surface area contributed by atoms with Crippen molar-refractivity contribution in [1.82, 2.24) is 0 Å². The fraction of sp³-hybridized carbons (Fsp3) is 0.533. The molecule has 2 rings (SSSR count). The molecule has 2 atom stereocenters. The highest BCUT2D eigenvalue weighted by Gasteiger charge is 2.31. The molecule has 0 fully saturated rings. The van der Waals surface area contributed by atoms with Crippen molar-refractivity contribution in [1.29, 1.82) is 0 Å². The predicted molar refractivity (Wildman–Crippen MR) is 74.6 cm³/mol. The van der Waals surface area contributed by atoms with Crippen LogP contribution in [0.3, 0.4) is 0 Å². The summed E-state index contributed by atoms with van der Waals surface area (Å²) < 4.78 is 0. The molecule has 1 aromatic rings. The van der Waals surface area contributed by atoms with Crippen LogP contribution in [0.4, 0.5) is 5.69 Å². The van der Waals surface area contributed by atoms with E-state index in [0.29, 0.717) is 5.92 Å². The molecule has 0 spiro atoms. The zero-order valence-corrected chi connectivity index (χ0v) is 11.6. The molecular formula is C15H22N2O. The van der Waals surface area contributed by atoms with Gasteiger partial charge in [0.1, 0.15) is 0 Å². The highest BCUT2D eigenvalue weighted by atomic mass is 16.2. The Hall–Kier alpha value is -1.35. The Morgan fingerprint density at radius 1 is 1.39 bits per heavy atom. The molecule has 1 amide bonds. The highest BCUT2D eigenvalue weighted by molar-refractivity contribution is 6.03. The minimum absolute atomic E-state index is 0.0157. The Kier molecular flexibility index (Phi) is 3.44. The Morgan fingerprint density at radius 2 is 2.06 bits per heavy atom. The lowest BCUT2D eigenvalue weighted by atomic mass is 9.89. The number of aryl methyl sites for hydroxylation is 1. The lowest BCUT2D eigenvalue weighted by Crippen LogP contribution is -2.17. The second-order valence-corrected chi connectivity index (χ2v) is 5.52. The van der Waals surface area contributed by atoms with Gasteiger partial charge in [0.2, 0.25) is 5.91 Å². The van der Waals surface area contributed by atoms with Gasteiger partial charge in [-0.1, -0.05) is 32.9 Å². The van der Waals surface area contributed by atoms with Crippen molar-refractivity contribution in [3.63, 3.8) is 0 Å². The number of hydrogen-bond acceptors (Lipinski definition) is 2. The number of rotatable bonds is 3. The summed E-state index contributed by atoms with van der Waals surface area (Å²) in [6, 6.07) is 4.24. The maximum atomic E-state index is 11.9. The van der Waals surface area contributed by atoms with E-state index < -0.39 is 0 Å². The average molecular weight is 246 g/mol. The number of fused-ring (bicyclic) bond motifs is 1. The molecule has 0 saturated carbocycles. The summed E-state index contributed by atoms with van der Waals surface area (Å²) in [7, 11) is 0. The summed E-state index contributed by atoms with van der Waals surface area (Å²) in [5, 5.41) is 2.98. The van der Waals surface area contributed by atoms with Crippen LogP contribution in [-0.2, 0) is 4.79 Å². The fourth-order valence-corrected chi connectivity index (χ4v) is 2.62.